The number of rotatable bonds is 6. The summed E-state index contributed by atoms with van der Waals surface area (Å²) in [7, 11) is 1.52. The zero-order valence-electron chi connectivity index (χ0n) is 11.2. The summed E-state index contributed by atoms with van der Waals surface area (Å²) in [6, 6.07) is 1.71. The summed E-state index contributed by atoms with van der Waals surface area (Å²) in [5, 5.41) is 8.93. The highest BCUT2D eigenvalue weighted by Gasteiger charge is 2.16. The molecule has 6 nitrogen and oxygen atoms in total. The lowest BCUT2D eigenvalue weighted by Crippen LogP contribution is -2.34. The van der Waals surface area contributed by atoms with Gasteiger partial charge >= 0.3 is 5.97 Å². The standard InChI is InChI=1S/C12H19N3O3/c1-8(2)6-15(7-11(16)17)12-13-9(3)5-10(14-12)18-4/h5,8H,6-7H2,1-4H3,(H,16,17). The Hall–Kier alpha value is -1.85. The zero-order valence-corrected chi connectivity index (χ0v) is 11.2. The summed E-state index contributed by atoms with van der Waals surface area (Å²) in [4.78, 5) is 21.0. The van der Waals surface area contributed by atoms with Crippen LogP contribution in [0.5, 0.6) is 5.88 Å². The Balaban J connectivity index is 3.02. The van der Waals surface area contributed by atoms with Gasteiger partial charge in [0.2, 0.25) is 11.8 Å². The summed E-state index contributed by atoms with van der Waals surface area (Å²) in [6.45, 7) is 6.31. The monoisotopic (exact) mass is 253 g/mol. The number of hydrogen-bond donors (Lipinski definition) is 1. The molecule has 0 bridgehead atoms. The Kier molecular flexibility index (Phi) is 4.88. The van der Waals surface area contributed by atoms with E-state index in [-0.39, 0.29) is 6.54 Å². The molecule has 0 aliphatic heterocycles. The molecule has 6 heteroatoms. The summed E-state index contributed by atoms with van der Waals surface area (Å²) in [5.74, 6) is 0.249. The number of nitrogens with zero attached hydrogens (tertiary/aromatic N) is 3. The van der Waals surface area contributed by atoms with E-state index in [9.17, 15) is 4.79 Å². The van der Waals surface area contributed by atoms with Crippen LogP contribution in [0.15, 0.2) is 6.07 Å². The van der Waals surface area contributed by atoms with E-state index in [2.05, 4.69) is 9.97 Å². The van der Waals surface area contributed by atoms with Crippen LogP contribution in [-0.4, -0.2) is 41.2 Å². The molecule has 1 rings (SSSR count). The van der Waals surface area contributed by atoms with E-state index in [0.29, 0.717) is 24.3 Å². The van der Waals surface area contributed by atoms with Gasteiger partial charge in [-0.05, 0) is 12.8 Å². The van der Waals surface area contributed by atoms with Crippen molar-refractivity contribution in [2.45, 2.75) is 20.8 Å². The topological polar surface area (TPSA) is 75.5 Å². The van der Waals surface area contributed by atoms with E-state index in [0.717, 1.165) is 5.69 Å². The molecule has 0 radical (unpaired) electrons. The first kappa shape index (κ1) is 14.2. The number of carbonyl (C=O) groups is 1. The van der Waals surface area contributed by atoms with Crippen molar-refractivity contribution in [2.75, 3.05) is 25.1 Å². The van der Waals surface area contributed by atoms with Crippen LogP contribution in [0, 0.1) is 12.8 Å². The molecule has 1 heterocycles. The maximum Gasteiger partial charge on any atom is 0.323 e. The second-order valence-electron chi connectivity index (χ2n) is 4.52. The number of methoxy groups -OCH3 is 1. The first-order valence-electron chi connectivity index (χ1n) is 5.78. The summed E-state index contributed by atoms with van der Waals surface area (Å²) in [6.07, 6.45) is 0. The van der Waals surface area contributed by atoms with Crippen LogP contribution in [0.2, 0.25) is 0 Å². The average Bonchev–Trinajstić information content (AvgIpc) is 2.26. The highest BCUT2D eigenvalue weighted by molar-refractivity contribution is 5.72. The van der Waals surface area contributed by atoms with Crippen molar-refractivity contribution in [3.05, 3.63) is 11.8 Å². The van der Waals surface area contributed by atoms with Crippen LogP contribution < -0.4 is 9.64 Å². The predicted octanol–water partition coefficient (Wildman–Crippen LogP) is 1.34. The highest BCUT2D eigenvalue weighted by atomic mass is 16.5. The van der Waals surface area contributed by atoms with E-state index in [4.69, 9.17) is 9.84 Å². The molecule has 0 aromatic carbocycles. The molecule has 0 fully saturated rings. The molecule has 1 aromatic heterocycles. The van der Waals surface area contributed by atoms with E-state index in [1.165, 1.54) is 7.11 Å². The minimum absolute atomic E-state index is 0.120. The average molecular weight is 253 g/mol. The van der Waals surface area contributed by atoms with Crippen molar-refractivity contribution in [1.29, 1.82) is 0 Å². The molecule has 0 atom stereocenters. The minimum Gasteiger partial charge on any atom is -0.481 e. The van der Waals surface area contributed by atoms with Crippen molar-refractivity contribution < 1.29 is 14.6 Å². The first-order valence-corrected chi connectivity index (χ1v) is 5.78. The first-order chi connectivity index (χ1) is 8.42. The van der Waals surface area contributed by atoms with Gasteiger partial charge in [0, 0.05) is 18.3 Å². The van der Waals surface area contributed by atoms with E-state index >= 15 is 0 Å². The number of carboxylic acids is 1. The van der Waals surface area contributed by atoms with Crippen LogP contribution in [0.1, 0.15) is 19.5 Å². The Morgan fingerprint density at radius 2 is 2.17 bits per heavy atom. The number of aromatic nitrogens is 2. The van der Waals surface area contributed by atoms with Crippen LogP contribution in [0.4, 0.5) is 5.95 Å². The molecule has 0 aliphatic carbocycles. The van der Waals surface area contributed by atoms with Gasteiger partial charge < -0.3 is 14.7 Å². The van der Waals surface area contributed by atoms with Crippen LogP contribution >= 0.6 is 0 Å². The molecule has 100 valence electrons. The normalized spacial score (nSPS) is 10.5. The van der Waals surface area contributed by atoms with Gasteiger partial charge in [0.15, 0.2) is 0 Å². The van der Waals surface area contributed by atoms with Gasteiger partial charge in [-0.2, -0.15) is 4.98 Å². The van der Waals surface area contributed by atoms with Crippen molar-refractivity contribution >= 4 is 11.9 Å². The van der Waals surface area contributed by atoms with Crippen molar-refractivity contribution in [2.24, 2.45) is 5.92 Å². The molecule has 0 unspecified atom stereocenters. The van der Waals surface area contributed by atoms with Gasteiger partial charge in [-0.1, -0.05) is 13.8 Å². The lowest BCUT2D eigenvalue weighted by Gasteiger charge is -2.23. The van der Waals surface area contributed by atoms with Crippen LogP contribution in [0.25, 0.3) is 0 Å². The third-order valence-electron chi connectivity index (χ3n) is 2.22. The lowest BCUT2D eigenvalue weighted by atomic mass is 10.2. The Bertz CT molecular complexity index is 421. The summed E-state index contributed by atoms with van der Waals surface area (Å²) >= 11 is 0. The number of anilines is 1. The summed E-state index contributed by atoms with van der Waals surface area (Å²) < 4.78 is 5.07. The maximum absolute atomic E-state index is 10.9. The Labute approximate surface area is 107 Å². The molecule has 1 aromatic rings. The fraction of sp³-hybridized carbons (Fsp3) is 0.583. The van der Waals surface area contributed by atoms with E-state index < -0.39 is 5.97 Å². The maximum atomic E-state index is 10.9. The molecule has 0 saturated carbocycles. The van der Waals surface area contributed by atoms with Gasteiger partial charge in [0.1, 0.15) is 6.54 Å². The number of aliphatic carboxylic acids is 1. The van der Waals surface area contributed by atoms with Gasteiger partial charge in [-0.25, -0.2) is 4.98 Å². The zero-order chi connectivity index (χ0) is 13.7. The molecule has 1 N–H and O–H groups in total. The van der Waals surface area contributed by atoms with E-state index in [1.54, 1.807) is 11.0 Å². The lowest BCUT2D eigenvalue weighted by molar-refractivity contribution is -0.135. The van der Waals surface area contributed by atoms with Gasteiger partial charge in [0.25, 0.3) is 0 Å². The van der Waals surface area contributed by atoms with Crippen LogP contribution in [-0.2, 0) is 4.79 Å². The molecule has 0 amide bonds. The molecule has 0 aliphatic rings. The molecule has 0 saturated heterocycles. The number of carboxylic acid groups (broad SMARTS) is 1. The van der Waals surface area contributed by atoms with E-state index in [1.807, 2.05) is 20.8 Å². The highest BCUT2D eigenvalue weighted by Crippen LogP contribution is 2.16. The molecule has 0 spiro atoms. The second kappa shape index (κ2) is 6.18. The smallest absolute Gasteiger partial charge is 0.323 e. The van der Waals surface area contributed by atoms with Gasteiger partial charge in [-0.15, -0.1) is 0 Å². The minimum atomic E-state index is -0.903. The Morgan fingerprint density at radius 1 is 1.50 bits per heavy atom. The SMILES string of the molecule is COc1cc(C)nc(N(CC(=O)O)CC(C)C)n1. The fourth-order valence-corrected chi connectivity index (χ4v) is 1.59. The van der Waals surface area contributed by atoms with Gasteiger partial charge in [-0.3, -0.25) is 4.79 Å². The molecule has 18 heavy (non-hydrogen) atoms. The fourth-order valence-electron chi connectivity index (χ4n) is 1.59. The van der Waals surface area contributed by atoms with Crippen molar-refractivity contribution in [3.8, 4) is 5.88 Å². The number of aryl methyl sites for hydroxylation is 1. The molecular weight excluding hydrogens is 234 g/mol. The van der Waals surface area contributed by atoms with Crippen molar-refractivity contribution in [3.63, 3.8) is 0 Å². The third-order valence-corrected chi connectivity index (χ3v) is 2.22. The quantitative estimate of drug-likeness (QED) is 0.824. The number of ether oxygens (including phenoxy) is 1. The largest absolute Gasteiger partial charge is 0.481 e. The summed E-state index contributed by atoms with van der Waals surface area (Å²) in [5.41, 5.74) is 0.746. The van der Waals surface area contributed by atoms with Crippen LogP contribution in [0.3, 0.4) is 0 Å². The predicted molar refractivity (Wildman–Crippen MR) is 68.0 cm³/mol. The molecular formula is C12H19N3O3. The van der Waals surface area contributed by atoms with Gasteiger partial charge in [0.05, 0.1) is 7.11 Å². The van der Waals surface area contributed by atoms with Crippen molar-refractivity contribution in [1.82, 2.24) is 9.97 Å². The Morgan fingerprint density at radius 3 is 2.67 bits per heavy atom. The second-order valence-corrected chi connectivity index (χ2v) is 4.52. The third kappa shape index (κ3) is 4.20. The number of hydrogen-bond acceptors (Lipinski definition) is 5.